The lowest BCUT2D eigenvalue weighted by Gasteiger charge is -2.29. The normalized spacial score (nSPS) is 16.3. The predicted octanol–water partition coefficient (Wildman–Crippen LogP) is 3.22. The highest BCUT2D eigenvalue weighted by molar-refractivity contribution is 6.32. The molecule has 0 unspecified atom stereocenters. The molecule has 3 aromatic rings. The quantitative estimate of drug-likeness (QED) is 0.491. The molecule has 180 valence electrons. The third-order valence-electron chi connectivity index (χ3n) is 6.17. The summed E-state index contributed by atoms with van der Waals surface area (Å²) in [6.07, 6.45) is 4.54. The molecule has 0 spiro atoms. The lowest BCUT2D eigenvalue weighted by atomic mass is 10.1. The number of halogens is 2. The highest BCUT2D eigenvalue weighted by atomic mass is 35.5. The van der Waals surface area contributed by atoms with Crippen LogP contribution in [0.25, 0.3) is 10.9 Å². The van der Waals surface area contributed by atoms with Gasteiger partial charge in [-0.1, -0.05) is 24.4 Å². The molecule has 1 saturated carbocycles. The minimum Gasteiger partial charge on any atom is -0.366 e. The Labute approximate surface area is 201 Å². The third-order valence-corrected chi connectivity index (χ3v) is 6.45. The van der Waals surface area contributed by atoms with Crippen LogP contribution < -0.4 is 21.1 Å². The van der Waals surface area contributed by atoms with E-state index in [1.54, 1.807) is 19.2 Å². The number of carbonyl (C=O) groups excluding carboxylic acids is 1. The number of amides is 1. The van der Waals surface area contributed by atoms with Gasteiger partial charge in [0.2, 0.25) is 0 Å². The molecule has 5 rings (SSSR count). The Kier molecular flexibility index (Phi) is 7.74. The molecular weight excluding hydrogens is 459 g/mol. The van der Waals surface area contributed by atoms with E-state index in [9.17, 15) is 14.0 Å². The maximum atomic E-state index is 13.0. The second kappa shape index (κ2) is 10.9. The molecule has 3 N–H and O–H groups in total. The van der Waals surface area contributed by atoms with Crippen molar-refractivity contribution in [2.24, 2.45) is 0 Å². The first kappa shape index (κ1) is 24.1. The molecule has 34 heavy (non-hydrogen) atoms. The summed E-state index contributed by atoms with van der Waals surface area (Å²) in [5.41, 5.74) is 1.57. The Balaban J connectivity index is 0.000000161. The topological polar surface area (TPSA) is 103 Å². The zero-order chi connectivity index (χ0) is 24.1. The molecule has 0 radical (unpaired) electrons. The van der Waals surface area contributed by atoms with E-state index in [2.05, 4.69) is 30.5 Å². The van der Waals surface area contributed by atoms with E-state index in [-0.39, 0.29) is 11.5 Å². The van der Waals surface area contributed by atoms with Gasteiger partial charge in [-0.25, -0.2) is 14.4 Å². The van der Waals surface area contributed by atoms with E-state index >= 15 is 0 Å². The summed E-state index contributed by atoms with van der Waals surface area (Å²) in [5.74, 6) is 0.487. The highest BCUT2D eigenvalue weighted by Crippen LogP contribution is 2.32. The number of hydrogen-bond acceptors (Lipinski definition) is 6. The summed E-state index contributed by atoms with van der Waals surface area (Å²) in [6, 6.07) is 7.69. The number of pyridine rings is 1. The maximum Gasteiger partial charge on any atom is 0.269 e. The number of anilines is 1. The van der Waals surface area contributed by atoms with Crippen LogP contribution in [0.2, 0.25) is 5.15 Å². The van der Waals surface area contributed by atoms with Crippen LogP contribution in [0.4, 0.5) is 10.1 Å². The lowest BCUT2D eigenvalue weighted by Crippen LogP contribution is -2.43. The minimum absolute atomic E-state index is 0.223. The summed E-state index contributed by atoms with van der Waals surface area (Å²) in [4.78, 5) is 36.7. The molecule has 8 nitrogen and oxygen atoms in total. The van der Waals surface area contributed by atoms with Crippen molar-refractivity contribution >= 4 is 34.1 Å². The SMILES string of the molecule is CNC(=O)c1ccc(N2CCNCC2)c(Cl)n1.O=c1[nH]c(C2CCCC2)nc2ccc(F)cc12. The van der Waals surface area contributed by atoms with Crippen molar-refractivity contribution in [2.75, 3.05) is 38.1 Å². The molecule has 0 bridgehead atoms. The van der Waals surface area contributed by atoms with Gasteiger partial charge in [0, 0.05) is 39.1 Å². The minimum atomic E-state index is -0.404. The van der Waals surface area contributed by atoms with Gasteiger partial charge in [0.15, 0.2) is 5.15 Å². The molecule has 2 aliphatic rings. The van der Waals surface area contributed by atoms with Crippen LogP contribution in [0.5, 0.6) is 0 Å². The first-order valence-electron chi connectivity index (χ1n) is 11.5. The first-order chi connectivity index (χ1) is 16.5. The van der Waals surface area contributed by atoms with Gasteiger partial charge in [-0.3, -0.25) is 9.59 Å². The molecular formula is C24H28ClFN6O2. The van der Waals surface area contributed by atoms with E-state index in [0.29, 0.717) is 27.7 Å². The van der Waals surface area contributed by atoms with Crippen molar-refractivity contribution in [3.63, 3.8) is 0 Å². The third kappa shape index (κ3) is 5.53. The van der Waals surface area contributed by atoms with E-state index in [1.165, 1.54) is 25.0 Å². The van der Waals surface area contributed by atoms with Crippen LogP contribution in [0.15, 0.2) is 35.1 Å². The fourth-order valence-electron chi connectivity index (χ4n) is 4.34. The molecule has 0 atom stereocenters. The second-order valence-electron chi connectivity index (χ2n) is 8.42. The van der Waals surface area contributed by atoms with E-state index < -0.39 is 5.82 Å². The summed E-state index contributed by atoms with van der Waals surface area (Å²) < 4.78 is 13.0. The average molecular weight is 487 g/mol. The van der Waals surface area contributed by atoms with Crippen molar-refractivity contribution < 1.29 is 9.18 Å². The fraction of sp³-hybridized carbons (Fsp3) is 0.417. The Hall–Kier alpha value is -3.04. The van der Waals surface area contributed by atoms with Gasteiger partial charge >= 0.3 is 0 Å². The average Bonchev–Trinajstić information content (AvgIpc) is 3.40. The molecule has 2 aromatic heterocycles. The molecule has 1 amide bonds. The molecule has 10 heteroatoms. The number of fused-ring (bicyclic) bond motifs is 1. The van der Waals surface area contributed by atoms with Crippen LogP contribution in [0, 0.1) is 5.82 Å². The fourth-order valence-corrected chi connectivity index (χ4v) is 4.62. The number of benzene rings is 1. The Bertz CT molecular complexity index is 1220. The number of rotatable bonds is 3. The molecule has 1 saturated heterocycles. The maximum absolute atomic E-state index is 13.0. The number of hydrogen-bond donors (Lipinski definition) is 3. The predicted molar refractivity (Wildman–Crippen MR) is 131 cm³/mol. The van der Waals surface area contributed by atoms with E-state index in [1.807, 2.05) is 6.07 Å². The Morgan fingerprint density at radius 3 is 2.56 bits per heavy atom. The van der Waals surface area contributed by atoms with Gasteiger partial charge in [-0.05, 0) is 43.2 Å². The summed E-state index contributed by atoms with van der Waals surface area (Å²) >= 11 is 6.11. The number of nitrogens with one attached hydrogen (secondary N) is 3. The van der Waals surface area contributed by atoms with Gasteiger partial charge in [0.05, 0.1) is 16.6 Å². The molecule has 3 heterocycles. The van der Waals surface area contributed by atoms with Crippen molar-refractivity contribution in [1.82, 2.24) is 25.6 Å². The first-order valence-corrected chi connectivity index (χ1v) is 11.9. The Morgan fingerprint density at radius 1 is 1.15 bits per heavy atom. The van der Waals surface area contributed by atoms with Crippen LogP contribution >= 0.6 is 11.6 Å². The zero-order valence-electron chi connectivity index (χ0n) is 19.0. The number of nitrogens with zero attached hydrogens (tertiary/aromatic N) is 3. The van der Waals surface area contributed by atoms with E-state index in [0.717, 1.165) is 50.5 Å². The van der Waals surface area contributed by atoms with Gasteiger partial charge in [0.1, 0.15) is 17.3 Å². The van der Waals surface area contributed by atoms with Gasteiger partial charge in [-0.2, -0.15) is 0 Å². The molecule has 1 aliphatic heterocycles. The van der Waals surface area contributed by atoms with Gasteiger partial charge in [-0.15, -0.1) is 0 Å². The van der Waals surface area contributed by atoms with Crippen LogP contribution in [-0.4, -0.2) is 54.1 Å². The summed E-state index contributed by atoms with van der Waals surface area (Å²) in [7, 11) is 1.57. The molecule has 2 fully saturated rings. The number of carbonyl (C=O) groups is 1. The monoisotopic (exact) mass is 486 g/mol. The summed E-state index contributed by atoms with van der Waals surface area (Å²) in [6.45, 7) is 3.68. The van der Waals surface area contributed by atoms with E-state index in [4.69, 9.17) is 11.6 Å². The number of piperazine rings is 1. The second-order valence-corrected chi connectivity index (χ2v) is 8.77. The van der Waals surface area contributed by atoms with Gasteiger partial charge < -0.3 is 20.5 Å². The summed E-state index contributed by atoms with van der Waals surface area (Å²) in [5, 5.41) is 6.51. The van der Waals surface area contributed by atoms with Crippen LogP contribution in [0.1, 0.15) is 47.9 Å². The Morgan fingerprint density at radius 2 is 1.88 bits per heavy atom. The standard InChI is InChI=1S/C13H13FN2O.C11H15ClN4O/c14-9-5-6-11-10(7-9)13(17)16-12(15-11)8-3-1-2-4-8;1-13-11(17)8-2-3-9(10(12)15-8)16-6-4-14-5-7-16/h5-8H,1-4H2,(H,15,16,17);2-3,14H,4-7H2,1H3,(H,13,17). The van der Waals surface area contributed by atoms with Crippen molar-refractivity contribution in [1.29, 1.82) is 0 Å². The number of H-pyrrole nitrogens is 1. The van der Waals surface area contributed by atoms with Gasteiger partial charge in [0.25, 0.3) is 11.5 Å². The molecule has 1 aliphatic carbocycles. The lowest BCUT2D eigenvalue weighted by molar-refractivity contribution is 0.0958. The van der Waals surface area contributed by atoms with Crippen molar-refractivity contribution in [2.45, 2.75) is 31.6 Å². The number of aromatic nitrogens is 3. The van der Waals surface area contributed by atoms with Crippen molar-refractivity contribution in [3.8, 4) is 0 Å². The highest BCUT2D eigenvalue weighted by Gasteiger charge is 2.20. The zero-order valence-corrected chi connectivity index (χ0v) is 19.8. The molecule has 1 aromatic carbocycles. The van der Waals surface area contributed by atoms with Crippen molar-refractivity contribution in [3.05, 3.63) is 63.2 Å². The largest absolute Gasteiger partial charge is 0.366 e. The van der Waals surface area contributed by atoms with Crippen LogP contribution in [0.3, 0.4) is 0 Å². The van der Waals surface area contributed by atoms with Crippen LogP contribution in [-0.2, 0) is 0 Å². The smallest absolute Gasteiger partial charge is 0.269 e. The number of aromatic amines is 1.